The van der Waals surface area contributed by atoms with Crippen molar-refractivity contribution in [1.82, 2.24) is 4.90 Å². The highest BCUT2D eigenvalue weighted by atomic mass is 32.2. The molecule has 1 aliphatic rings. The van der Waals surface area contributed by atoms with E-state index in [4.69, 9.17) is 9.84 Å². The maximum atomic E-state index is 12.8. The van der Waals surface area contributed by atoms with Crippen molar-refractivity contribution in [3.05, 3.63) is 59.7 Å². The number of benzene rings is 2. The molecule has 1 fully saturated rings. The van der Waals surface area contributed by atoms with E-state index in [1.54, 1.807) is 31.2 Å². The largest absolute Gasteiger partial charge is 0.478 e. The van der Waals surface area contributed by atoms with E-state index >= 15 is 0 Å². The number of amidine groups is 1. The number of nitrogens with zero attached hydrogens (tertiary/aromatic N) is 2. The zero-order chi connectivity index (χ0) is 24.0. The lowest BCUT2D eigenvalue weighted by atomic mass is 10.2. The number of carboxylic acid groups (broad SMARTS) is 1. The minimum absolute atomic E-state index is 0.0541. The zero-order valence-corrected chi connectivity index (χ0v) is 18.9. The summed E-state index contributed by atoms with van der Waals surface area (Å²) in [4.78, 5) is 54.0. The number of anilines is 1. The lowest BCUT2D eigenvalue weighted by Gasteiger charge is -2.13. The fourth-order valence-electron chi connectivity index (χ4n) is 3.09. The van der Waals surface area contributed by atoms with Gasteiger partial charge < -0.3 is 15.2 Å². The molecule has 2 aromatic carbocycles. The summed E-state index contributed by atoms with van der Waals surface area (Å²) in [5, 5.41) is 11.5. The van der Waals surface area contributed by atoms with Crippen molar-refractivity contribution in [3.8, 4) is 0 Å². The van der Waals surface area contributed by atoms with Crippen molar-refractivity contribution in [2.24, 2.45) is 4.99 Å². The lowest BCUT2D eigenvalue weighted by Crippen LogP contribution is -2.33. The Bertz CT molecular complexity index is 1080. The average Bonchev–Trinajstić information content (AvgIpc) is 3.08. The Morgan fingerprint density at radius 1 is 1.06 bits per heavy atom. The first-order valence-corrected chi connectivity index (χ1v) is 11.2. The molecule has 1 saturated heterocycles. The second-order valence-corrected chi connectivity index (χ2v) is 8.16. The Morgan fingerprint density at radius 3 is 2.27 bits per heavy atom. The molecule has 2 amide bonds. The fraction of sp³-hybridized carbons (Fsp3) is 0.261. The van der Waals surface area contributed by atoms with Crippen LogP contribution in [0.4, 0.5) is 11.4 Å². The van der Waals surface area contributed by atoms with Crippen LogP contribution in [0.25, 0.3) is 0 Å². The molecule has 2 aromatic rings. The summed E-state index contributed by atoms with van der Waals surface area (Å²) in [7, 11) is 0. The standard InChI is InChI=1S/C23H23N3O6S/c1-3-26-20(28)18(13-19(27)24-16-9-5-14(6-10-16)21(29)30)33-23(26)25-17-11-7-15(8-12-17)22(31)32-4-2/h5-12,18H,3-4,13H2,1-2H3,(H,24,27)(H,29,30). The van der Waals surface area contributed by atoms with E-state index in [0.717, 1.165) is 0 Å². The summed E-state index contributed by atoms with van der Waals surface area (Å²) in [6, 6.07) is 12.3. The molecule has 0 aromatic heterocycles. The van der Waals surface area contributed by atoms with Gasteiger partial charge in [-0.1, -0.05) is 11.8 Å². The van der Waals surface area contributed by atoms with E-state index in [1.807, 2.05) is 6.92 Å². The van der Waals surface area contributed by atoms with Crippen LogP contribution >= 0.6 is 11.8 Å². The quantitative estimate of drug-likeness (QED) is 0.567. The van der Waals surface area contributed by atoms with Gasteiger partial charge in [0.25, 0.3) is 0 Å². The average molecular weight is 470 g/mol. The molecule has 2 N–H and O–H groups in total. The maximum absolute atomic E-state index is 12.8. The number of hydrogen-bond donors (Lipinski definition) is 2. The highest BCUT2D eigenvalue weighted by Gasteiger charge is 2.38. The number of aromatic carboxylic acids is 1. The highest BCUT2D eigenvalue weighted by molar-refractivity contribution is 8.15. The number of thioether (sulfide) groups is 1. The molecule has 0 aliphatic carbocycles. The Labute approximate surface area is 194 Å². The third kappa shape index (κ3) is 5.98. The van der Waals surface area contributed by atoms with Crippen molar-refractivity contribution in [2.45, 2.75) is 25.5 Å². The van der Waals surface area contributed by atoms with Crippen LogP contribution in [0.15, 0.2) is 53.5 Å². The first-order chi connectivity index (χ1) is 15.8. The first kappa shape index (κ1) is 24.0. The van der Waals surface area contributed by atoms with Gasteiger partial charge in [-0.05, 0) is 62.4 Å². The Morgan fingerprint density at radius 2 is 1.70 bits per heavy atom. The molecule has 0 radical (unpaired) electrons. The van der Waals surface area contributed by atoms with E-state index in [1.165, 1.54) is 40.9 Å². The second-order valence-electron chi connectivity index (χ2n) is 6.99. The van der Waals surface area contributed by atoms with Crippen molar-refractivity contribution in [3.63, 3.8) is 0 Å². The van der Waals surface area contributed by atoms with Crippen LogP contribution in [-0.4, -0.2) is 57.3 Å². The Kier molecular flexibility index (Phi) is 7.83. The Hall–Kier alpha value is -3.66. The minimum Gasteiger partial charge on any atom is -0.478 e. The molecule has 1 atom stereocenters. The number of carbonyl (C=O) groups excluding carboxylic acids is 3. The van der Waals surface area contributed by atoms with Crippen LogP contribution in [-0.2, 0) is 14.3 Å². The normalized spacial score (nSPS) is 16.7. The summed E-state index contributed by atoms with van der Waals surface area (Å²) < 4.78 is 4.96. The zero-order valence-electron chi connectivity index (χ0n) is 18.1. The molecular formula is C23H23N3O6S. The summed E-state index contributed by atoms with van der Waals surface area (Å²) in [5.74, 6) is -2.04. The molecule has 3 rings (SSSR count). The molecule has 33 heavy (non-hydrogen) atoms. The van der Waals surface area contributed by atoms with Gasteiger partial charge in [-0.2, -0.15) is 0 Å². The number of aliphatic imine (C=N–C) groups is 1. The number of hydrogen-bond acceptors (Lipinski definition) is 7. The lowest BCUT2D eigenvalue weighted by molar-refractivity contribution is -0.128. The van der Waals surface area contributed by atoms with Gasteiger partial charge in [-0.3, -0.25) is 14.5 Å². The van der Waals surface area contributed by atoms with Gasteiger partial charge >= 0.3 is 11.9 Å². The summed E-state index contributed by atoms with van der Waals surface area (Å²) >= 11 is 1.21. The van der Waals surface area contributed by atoms with E-state index in [9.17, 15) is 19.2 Å². The van der Waals surface area contributed by atoms with Gasteiger partial charge in [-0.25, -0.2) is 14.6 Å². The fourth-order valence-corrected chi connectivity index (χ4v) is 4.31. The van der Waals surface area contributed by atoms with Crippen molar-refractivity contribution < 1.29 is 29.0 Å². The predicted octanol–water partition coefficient (Wildman–Crippen LogP) is 3.54. The molecule has 172 valence electrons. The van der Waals surface area contributed by atoms with Crippen LogP contribution in [0.3, 0.4) is 0 Å². The third-order valence-corrected chi connectivity index (χ3v) is 5.90. The first-order valence-electron chi connectivity index (χ1n) is 10.3. The number of nitrogens with one attached hydrogen (secondary N) is 1. The van der Waals surface area contributed by atoms with Crippen molar-refractivity contribution in [1.29, 1.82) is 0 Å². The summed E-state index contributed by atoms with van der Waals surface area (Å²) in [6.45, 7) is 4.25. The van der Waals surface area contributed by atoms with Gasteiger partial charge in [0, 0.05) is 18.7 Å². The number of ether oxygens (including phenoxy) is 1. The van der Waals surface area contributed by atoms with Gasteiger partial charge in [0.15, 0.2) is 5.17 Å². The van der Waals surface area contributed by atoms with Crippen molar-refractivity contribution in [2.75, 3.05) is 18.5 Å². The van der Waals surface area contributed by atoms with Crippen molar-refractivity contribution >= 4 is 52.1 Å². The van der Waals surface area contributed by atoms with Crippen LogP contribution in [0.2, 0.25) is 0 Å². The van der Waals surface area contributed by atoms with Gasteiger partial charge in [0.05, 0.1) is 23.4 Å². The number of rotatable bonds is 8. The maximum Gasteiger partial charge on any atom is 0.338 e. The topological polar surface area (TPSA) is 125 Å². The molecule has 0 bridgehead atoms. The van der Waals surface area contributed by atoms with E-state index in [-0.39, 0.29) is 30.4 Å². The monoisotopic (exact) mass is 469 g/mol. The highest BCUT2D eigenvalue weighted by Crippen LogP contribution is 2.31. The van der Waals surface area contributed by atoms with E-state index < -0.39 is 17.2 Å². The third-order valence-electron chi connectivity index (χ3n) is 4.73. The molecule has 1 heterocycles. The number of carboxylic acids is 1. The SMILES string of the molecule is CCOC(=O)c1ccc(N=C2SC(CC(=O)Nc3ccc(C(=O)O)cc3)C(=O)N2CC)cc1. The van der Waals surface area contributed by atoms with Crippen LogP contribution < -0.4 is 5.32 Å². The predicted molar refractivity (Wildman–Crippen MR) is 125 cm³/mol. The van der Waals surface area contributed by atoms with Gasteiger partial charge in [0.2, 0.25) is 11.8 Å². The molecule has 0 spiro atoms. The Balaban J connectivity index is 1.66. The number of carbonyl (C=O) groups is 4. The van der Waals surface area contributed by atoms with Crippen LogP contribution in [0, 0.1) is 0 Å². The summed E-state index contributed by atoms with van der Waals surface area (Å²) in [6.07, 6.45) is -0.0541. The van der Waals surface area contributed by atoms with E-state index in [0.29, 0.717) is 28.7 Å². The number of amides is 2. The smallest absolute Gasteiger partial charge is 0.338 e. The number of esters is 1. The molecular weight excluding hydrogens is 446 g/mol. The minimum atomic E-state index is -1.05. The molecule has 1 unspecified atom stereocenters. The molecule has 0 saturated carbocycles. The molecule has 1 aliphatic heterocycles. The van der Waals surface area contributed by atoms with E-state index in [2.05, 4.69) is 10.3 Å². The molecule has 10 heteroatoms. The van der Waals surface area contributed by atoms with Crippen LogP contribution in [0.1, 0.15) is 41.0 Å². The second kappa shape index (κ2) is 10.8. The summed E-state index contributed by atoms with van der Waals surface area (Å²) in [5.41, 5.74) is 1.54. The van der Waals surface area contributed by atoms with Gasteiger partial charge in [-0.15, -0.1) is 0 Å². The van der Waals surface area contributed by atoms with Crippen LogP contribution in [0.5, 0.6) is 0 Å². The molecule has 9 nitrogen and oxygen atoms in total. The van der Waals surface area contributed by atoms with Gasteiger partial charge in [0.1, 0.15) is 5.25 Å².